The Labute approximate surface area is 246 Å². The number of phenols is 1. The summed E-state index contributed by atoms with van der Waals surface area (Å²) < 4.78 is 27.5. The number of carbonyl (C=O) groups is 3. The Balaban J connectivity index is 1.60. The zero-order valence-electron chi connectivity index (χ0n) is 23.3. The van der Waals surface area contributed by atoms with Gasteiger partial charge in [0.1, 0.15) is 28.6 Å². The molecule has 3 aliphatic carbocycles. The van der Waals surface area contributed by atoms with Crippen molar-refractivity contribution in [2.45, 2.75) is 24.5 Å². The van der Waals surface area contributed by atoms with Gasteiger partial charge >= 0.3 is 10.1 Å². The number of aliphatic hydroxyl groups is 3. The van der Waals surface area contributed by atoms with Gasteiger partial charge in [-0.25, -0.2) is 0 Å². The topological polar surface area (TPSA) is 205 Å². The van der Waals surface area contributed by atoms with E-state index in [1.165, 1.54) is 37.2 Å². The minimum atomic E-state index is -3.70. The van der Waals surface area contributed by atoms with E-state index in [1.807, 2.05) is 0 Å². The molecule has 0 bridgehead atoms. The molecule has 1 fully saturated rings. The minimum absolute atomic E-state index is 0.0456. The van der Waals surface area contributed by atoms with E-state index in [0.29, 0.717) is 16.7 Å². The van der Waals surface area contributed by atoms with Gasteiger partial charge in [0.05, 0.1) is 17.9 Å². The van der Waals surface area contributed by atoms with Crippen LogP contribution >= 0.6 is 0 Å². The Hall–Kier alpha value is -4.64. The zero-order valence-corrected chi connectivity index (χ0v) is 24.1. The van der Waals surface area contributed by atoms with Crippen LogP contribution in [-0.4, -0.2) is 83.2 Å². The maximum absolute atomic E-state index is 13.9. The molecule has 0 heterocycles. The van der Waals surface area contributed by atoms with E-state index in [-0.39, 0.29) is 35.5 Å². The van der Waals surface area contributed by atoms with Gasteiger partial charge in [0.2, 0.25) is 5.78 Å². The number of Topliss-reactive ketones (excluding diaryl/α,β-unsaturated/α-hetero) is 2. The Bertz CT molecular complexity index is 1830. The average molecular weight is 609 g/mol. The SMILES string of the molecule is CN(C)[C@@H]1C(=O)C(C(N)=O)=C(O)[C@@]2(O)C(=O)C3=C(O)c4c(O)ccc(C#Cc5ccc(OS(C)(=O)=O)cc5)c4C[C@H]3C[C@@H]12. The van der Waals surface area contributed by atoms with E-state index in [1.54, 1.807) is 18.2 Å². The molecule has 0 unspecified atom stereocenters. The van der Waals surface area contributed by atoms with Crippen LogP contribution in [0.1, 0.15) is 28.7 Å². The lowest BCUT2D eigenvalue weighted by molar-refractivity contribution is -0.153. The summed E-state index contributed by atoms with van der Waals surface area (Å²) in [5.74, 6) is -1.24. The van der Waals surface area contributed by atoms with Crippen molar-refractivity contribution in [3.63, 3.8) is 0 Å². The summed E-state index contributed by atoms with van der Waals surface area (Å²) >= 11 is 0. The fraction of sp³-hybridized carbons (Fsp3) is 0.300. The van der Waals surface area contributed by atoms with E-state index in [9.17, 15) is 43.2 Å². The van der Waals surface area contributed by atoms with E-state index in [0.717, 1.165) is 6.26 Å². The number of nitrogens with two attached hydrogens (primary N) is 1. The van der Waals surface area contributed by atoms with Crippen LogP contribution in [-0.2, 0) is 30.9 Å². The molecule has 5 rings (SSSR count). The number of hydrogen-bond donors (Lipinski definition) is 5. The molecule has 0 radical (unpaired) electrons. The number of aliphatic hydroxyl groups excluding tert-OH is 2. The summed E-state index contributed by atoms with van der Waals surface area (Å²) in [5.41, 5.74) is 2.78. The molecular formula is C30H28N2O10S. The maximum atomic E-state index is 13.9. The first kappa shape index (κ1) is 29.8. The van der Waals surface area contributed by atoms with Crippen LogP contribution in [0.25, 0.3) is 5.76 Å². The average Bonchev–Trinajstić information content (AvgIpc) is 2.90. The number of fused-ring (bicyclic) bond motifs is 3. The highest BCUT2D eigenvalue weighted by molar-refractivity contribution is 7.86. The molecule has 224 valence electrons. The molecule has 13 heteroatoms. The molecule has 0 aromatic heterocycles. The van der Waals surface area contributed by atoms with Gasteiger partial charge < -0.3 is 30.3 Å². The second-order valence-corrected chi connectivity index (χ2v) is 12.6. The van der Waals surface area contributed by atoms with Gasteiger partial charge in [-0.1, -0.05) is 11.8 Å². The number of hydrogen-bond acceptors (Lipinski definition) is 11. The molecule has 1 saturated carbocycles. The number of rotatable bonds is 4. The molecule has 3 aliphatic rings. The van der Waals surface area contributed by atoms with Crippen molar-refractivity contribution in [2.24, 2.45) is 17.6 Å². The number of amides is 1. The fourth-order valence-corrected chi connectivity index (χ4v) is 6.73. The third-order valence-electron chi connectivity index (χ3n) is 8.05. The van der Waals surface area contributed by atoms with Crippen LogP contribution < -0.4 is 9.92 Å². The molecule has 1 amide bonds. The van der Waals surface area contributed by atoms with Crippen LogP contribution in [0.3, 0.4) is 0 Å². The fourth-order valence-electron chi connectivity index (χ4n) is 6.27. The lowest BCUT2D eigenvalue weighted by Crippen LogP contribution is -2.65. The zero-order chi connectivity index (χ0) is 31.6. The minimum Gasteiger partial charge on any atom is -0.508 e. The lowest BCUT2D eigenvalue weighted by atomic mass is 9.57. The molecule has 4 atom stereocenters. The van der Waals surface area contributed by atoms with E-state index < -0.39 is 68.2 Å². The van der Waals surface area contributed by atoms with Crippen molar-refractivity contribution in [1.82, 2.24) is 4.90 Å². The highest BCUT2D eigenvalue weighted by Gasteiger charge is 2.64. The van der Waals surface area contributed by atoms with Crippen molar-refractivity contribution in [2.75, 3.05) is 20.4 Å². The third-order valence-corrected chi connectivity index (χ3v) is 8.54. The van der Waals surface area contributed by atoms with E-state index >= 15 is 0 Å². The number of primary amides is 1. The molecule has 0 saturated heterocycles. The predicted octanol–water partition coefficient (Wildman–Crippen LogP) is 0.702. The van der Waals surface area contributed by atoms with Gasteiger partial charge in [0.15, 0.2) is 11.4 Å². The monoisotopic (exact) mass is 608 g/mol. The van der Waals surface area contributed by atoms with Crippen LogP contribution in [0.5, 0.6) is 11.5 Å². The van der Waals surface area contributed by atoms with Gasteiger partial charge in [0.25, 0.3) is 5.91 Å². The first-order chi connectivity index (χ1) is 20.1. The van der Waals surface area contributed by atoms with Crippen molar-refractivity contribution in [3.8, 4) is 23.3 Å². The summed E-state index contributed by atoms with van der Waals surface area (Å²) in [4.78, 5) is 40.7. The number of likely N-dealkylation sites (N-methyl/N-ethyl adjacent to an activating group) is 1. The summed E-state index contributed by atoms with van der Waals surface area (Å²) in [6.07, 6.45) is 0.971. The molecule has 0 aliphatic heterocycles. The second-order valence-electron chi connectivity index (χ2n) is 11.0. The van der Waals surface area contributed by atoms with Gasteiger partial charge in [-0.05, 0) is 74.8 Å². The number of benzene rings is 2. The van der Waals surface area contributed by atoms with Crippen LogP contribution in [0, 0.1) is 23.7 Å². The van der Waals surface area contributed by atoms with Crippen molar-refractivity contribution in [3.05, 3.63) is 75.6 Å². The van der Waals surface area contributed by atoms with Crippen LogP contribution in [0.2, 0.25) is 0 Å². The Kier molecular flexibility index (Phi) is 7.12. The number of aromatic hydroxyl groups is 1. The predicted molar refractivity (Wildman–Crippen MR) is 152 cm³/mol. The van der Waals surface area contributed by atoms with Gasteiger partial charge in [-0.15, -0.1) is 0 Å². The first-order valence-electron chi connectivity index (χ1n) is 13.1. The highest BCUT2D eigenvalue weighted by Crippen LogP contribution is 2.52. The van der Waals surface area contributed by atoms with Crippen molar-refractivity contribution >= 4 is 33.4 Å². The Morgan fingerprint density at radius 3 is 2.30 bits per heavy atom. The largest absolute Gasteiger partial charge is 0.508 e. The standard InChI is InChI=1S/C30H28N2O10S/c1-32(2)24-19-13-16-12-18-15(7-4-14-5-9-17(10-6-14)42-43(3,40)41)8-11-20(33)22(18)25(34)21(16)27(36)30(19,39)28(37)23(26(24)35)29(31)38/h5-6,8-11,16,19,24,33-34,37,39H,12-13H2,1-3H3,(H2,31,38)/t16-,19-,24-,30-/m0/s1. The van der Waals surface area contributed by atoms with Gasteiger partial charge in [0, 0.05) is 22.6 Å². The molecule has 6 N–H and O–H groups in total. The lowest BCUT2D eigenvalue weighted by Gasteiger charge is -2.50. The molecule has 2 aromatic carbocycles. The second kappa shape index (κ2) is 10.3. The van der Waals surface area contributed by atoms with E-state index in [2.05, 4.69) is 11.8 Å². The highest BCUT2D eigenvalue weighted by atomic mass is 32.2. The normalized spacial score (nSPS) is 25.0. The number of phenolic OH excluding ortho intramolecular Hbond substituents is 1. The maximum Gasteiger partial charge on any atom is 0.306 e. The molecule has 2 aromatic rings. The van der Waals surface area contributed by atoms with E-state index in [4.69, 9.17) is 9.92 Å². The third kappa shape index (κ3) is 4.83. The molecular weight excluding hydrogens is 580 g/mol. The quantitative estimate of drug-likeness (QED) is 0.186. The summed E-state index contributed by atoms with van der Waals surface area (Å²) in [7, 11) is -0.643. The first-order valence-corrected chi connectivity index (χ1v) is 14.9. The molecule has 43 heavy (non-hydrogen) atoms. The van der Waals surface area contributed by atoms with Crippen LogP contribution in [0.15, 0.2) is 53.3 Å². The number of carbonyl (C=O) groups excluding carboxylic acids is 3. The van der Waals surface area contributed by atoms with Crippen LogP contribution in [0.4, 0.5) is 0 Å². The molecule has 12 nitrogen and oxygen atoms in total. The smallest absolute Gasteiger partial charge is 0.306 e. The van der Waals surface area contributed by atoms with Crippen molar-refractivity contribution in [1.29, 1.82) is 0 Å². The number of nitrogens with zero attached hydrogens (tertiary/aromatic N) is 1. The van der Waals surface area contributed by atoms with Gasteiger partial charge in [-0.3, -0.25) is 19.3 Å². The van der Waals surface area contributed by atoms with Gasteiger partial charge in [-0.2, -0.15) is 8.42 Å². The van der Waals surface area contributed by atoms with Crippen molar-refractivity contribution < 1.29 is 47.4 Å². The molecule has 0 spiro atoms. The Morgan fingerprint density at radius 1 is 1.07 bits per heavy atom. The summed E-state index contributed by atoms with van der Waals surface area (Å²) in [6, 6.07) is 7.63. The number of ketones is 2. The summed E-state index contributed by atoms with van der Waals surface area (Å²) in [5, 5.41) is 44.6. The summed E-state index contributed by atoms with van der Waals surface area (Å²) in [6.45, 7) is 0. The Morgan fingerprint density at radius 2 is 1.72 bits per heavy atom.